The van der Waals surface area contributed by atoms with Crippen molar-refractivity contribution >= 4 is 11.9 Å². The monoisotopic (exact) mass is 234 g/mol. The Labute approximate surface area is 97.3 Å². The quantitative estimate of drug-likeness (QED) is 0.745. The third-order valence-corrected chi connectivity index (χ3v) is 2.43. The highest BCUT2D eigenvalue weighted by Gasteiger charge is 2.31. The Balaban J connectivity index is 2.29. The Morgan fingerprint density at radius 2 is 2.53 bits per heavy atom. The van der Waals surface area contributed by atoms with Gasteiger partial charge in [0, 0.05) is 12.7 Å². The molecule has 0 radical (unpaired) electrons. The molecule has 0 aromatic carbocycles. The Morgan fingerprint density at radius 3 is 3.24 bits per heavy atom. The number of carbonyl (C=O) groups is 1. The molecule has 1 aliphatic heterocycles. The largest absolute Gasteiger partial charge is 0.480 e. The Bertz CT molecular complexity index is 471. The number of hydrogen-bond donors (Lipinski definition) is 1. The molecule has 1 aromatic rings. The molecule has 2 heterocycles. The van der Waals surface area contributed by atoms with Crippen molar-refractivity contribution in [3.8, 4) is 6.07 Å². The highest BCUT2D eigenvalue weighted by molar-refractivity contribution is 5.77. The lowest BCUT2D eigenvalue weighted by Crippen LogP contribution is -2.50. The van der Waals surface area contributed by atoms with Gasteiger partial charge in [-0.2, -0.15) is 5.26 Å². The van der Waals surface area contributed by atoms with Gasteiger partial charge in [-0.25, -0.2) is 14.8 Å². The SMILES string of the molecule is N#Cc1ccnc(N2CCOCC2C(=O)O)n1. The molecule has 1 fully saturated rings. The summed E-state index contributed by atoms with van der Waals surface area (Å²) in [7, 11) is 0. The molecule has 1 unspecified atom stereocenters. The lowest BCUT2D eigenvalue weighted by Gasteiger charge is -2.32. The van der Waals surface area contributed by atoms with Crippen LogP contribution in [0, 0.1) is 11.3 Å². The van der Waals surface area contributed by atoms with Crippen molar-refractivity contribution in [3.05, 3.63) is 18.0 Å². The van der Waals surface area contributed by atoms with Gasteiger partial charge in [0.2, 0.25) is 5.95 Å². The minimum absolute atomic E-state index is 0.0927. The third-order valence-electron chi connectivity index (χ3n) is 2.43. The summed E-state index contributed by atoms with van der Waals surface area (Å²) in [6.07, 6.45) is 1.44. The van der Waals surface area contributed by atoms with Crippen LogP contribution in [-0.2, 0) is 9.53 Å². The van der Waals surface area contributed by atoms with Crippen LogP contribution in [0.2, 0.25) is 0 Å². The number of rotatable bonds is 2. The fourth-order valence-electron chi connectivity index (χ4n) is 1.60. The predicted octanol–water partition coefficient (Wildman–Crippen LogP) is -0.362. The van der Waals surface area contributed by atoms with Gasteiger partial charge in [0.25, 0.3) is 0 Å². The number of carboxylic acid groups (broad SMARTS) is 1. The van der Waals surface area contributed by atoms with Gasteiger partial charge in [0.1, 0.15) is 11.8 Å². The maximum absolute atomic E-state index is 11.1. The number of aromatic nitrogens is 2. The van der Waals surface area contributed by atoms with E-state index in [-0.39, 0.29) is 18.2 Å². The van der Waals surface area contributed by atoms with Gasteiger partial charge in [-0.1, -0.05) is 0 Å². The zero-order valence-corrected chi connectivity index (χ0v) is 8.91. The molecule has 88 valence electrons. The number of anilines is 1. The molecule has 2 rings (SSSR count). The van der Waals surface area contributed by atoms with Crippen LogP contribution >= 0.6 is 0 Å². The van der Waals surface area contributed by atoms with Crippen LogP contribution in [0.3, 0.4) is 0 Å². The van der Waals surface area contributed by atoms with Crippen molar-refractivity contribution < 1.29 is 14.6 Å². The molecule has 17 heavy (non-hydrogen) atoms. The van der Waals surface area contributed by atoms with E-state index in [9.17, 15) is 4.79 Å². The summed E-state index contributed by atoms with van der Waals surface area (Å²) in [6.45, 7) is 0.908. The maximum Gasteiger partial charge on any atom is 0.328 e. The summed E-state index contributed by atoms with van der Waals surface area (Å²) < 4.78 is 5.11. The van der Waals surface area contributed by atoms with Crippen molar-refractivity contribution in [2.75, 3.05) is 24.7 Å². The Morgan fingerprint density at radius 1 is 1.71 bits per heavy atom. The lowest BCUT2D eigenvalue weighted by molar-refractivity contribution is -0.141. The highest BCUT2D eigenvalue weighted by Crippen LogP contribution is 2.15. The maximum atomic E-state index is 11.1. The van der Waals surface area contributed by atoms with Crippen LogP contribution in [-0.4, -0.2) is 46.8 Å². The van der Waals surface area contributed by atoms with E-state index in [1.165, 1.54) is 17.2 Å². The number of carboxylic acids is 1. The number of aliphatic carboxylic acids is 1. The Hall–Kier alpha value is -2.20. The number of nitriles is 1. The first-order valence-corrected chi connectivity index (χ1v) is 5.02. The van der Waals surface area contributed by atoms with E-state index in [2.05, 4.69) is 9.97 Å². The molecule has 1 aliphatic rings. The first-order valence-electron chi connectivity index (χ1n) is 5.02. The number of morpholine rings is 1. The van der Waals surface area contributed by atoms with Gasteiger partial charge in [-0.15, -0.1) is 0 Å². The van der Waals surface area contributed by atoms with Crippen molar-refractivity contribution in [2.45, 2.75) is 6.04 Å². The minimum Gasteiger partial charge on any atom is -0.480 e. The molecular formula is C10H10N4O3. The van der Waals surface area contributed by atoms with Crippen LogP contribution in [0.15, 0.2) is 12.3 Å². The summed E-state index contributed by atoms with van der Waals surface area (Å²) in [4.78, 5) is 20.6. The zero-order valence-electron chi connectivity index (χ0n) is 8.91. The fourth-order valence-corrected chi connectivity index (χ4v) is 1.60. The molecule has 7 nitrogen and oxygen atoms in total. The lowest BCUT2D eigenvalue weighted by atomic mass is 10.2. The highest BCUT2D eigenvalue weighted by atomic mass is 16.5. The average molecular weight is 234 g/mol. The van der Waals surface area contributed by atoms with Gasteiger partial charge < -0.3 is 14.7 Å². The molecule has 1 aromatic heterocycles. The van der Waals surface area contributed by atoms with Crippen LogP contribution < -0.4 is 4.90 Å². The fraction of sp³-hybridized carbons (Fsp3) is 0.400. The van der Waals surface area contributed by atoms with Gasteiger partial charge in [-0.05, 0) is 6.07 Å². The molecule has 0 saturated carbocycles. The van der Waals surface area contributed by atoms with Crippen molar-refractivity contribution in [3.63, 3.8) is 0 Å². The molecule has 0 aliphatic carbocycles. The van der Waals surface area contributed by atoms with Crippen LogP contribution in [0.1, 0.15) is 5.69 Å². The van der Waals surface area contributed by atoms with E-state index in [1.54, 1.807) is 0 Å². The van der Waals surface area contributed by atoms with Gasteiger partial charge >= 0.3 is 5.97 Å². The molecule has 1 N–H and O–H groups in total. The standard InChI is InChI=1S/C10H10N4O3/c11-5-7-1-2-12-10(13-7)14-3-4-17-6-8(14)9(15)16/h1-2,8H,3-4,6H2,(H,15,16). The number of ether oxygens (including phenoxy) is 1. The second-order valence-electron chi connectivity index (χ2n) is 3.48. The summed E-state index contributed by atoms with van der Waals surface area (Å²) in [5.74, 6) is -0.740. The topological polar surface area (TPSA) is 99.3 Å². The zero-order chi connectivity index (χ0) is 12.3. The average Bonchev–Trinajstić information content (AvgIpc) is 2.39. The van der Waals surface area contributed by atoms with Crippen molar-refractivity contribution in [2.24, 2.45) is 0 Å². The van der Waals surface area contributed by atoms with E-state index >= 15 is 0 Å². The normalized spacial score (nSPS) is 19.7. The van der Waals surface area contributed by atoms with E-state index < -0.39 is 12.0 Å². The van der Waals surface area contributed by atoms with Gasteiger partial charge in [0.05, 0.1) is 13.2 Å². The summed E-state index contributed by atoms with van der Waals surface area (Å²) in [5, 5.41) is 17.8. The second kappa shape index (κ2) is 4.76. The molecule has 1 saturated heterocycles. The van der Waals surface area contributed by atoms with Crippen molar-refractivity contribution in [1.82, 2.24) is 9.97 Å². The predicted molar refractivity (Wildman–Crippen MR) is 56.3 cm³/mol. The van der Waals surface area contributed by atoms with Crippen LogP contribution in [0.4, 0.5) is 5.95 Å². The van der Waals surface area contributed by atoms with Crippen LogP contribution in [0.25, 0.3) is 0 Å². The van der Waals surface area contributed by atoms with E-state index in [0.717, 1.165) is 0 Å². The summed E-state index contributed by atoms with van der Waals surface area (Å²) in [6, 6.07) is 2.56. The molecule has 1 atom stereocenters. The second-order valence-corrected chi connectivity index (χ2v) is 3.48. The number of nitrogens with zero attached hydrogens (tertiary/aromatic N) is 4. The Kier molecular flexibility index (Phi) is 3.16. The van der Waals surface area contributed by atoms with E-state index in [1.807, 2.05) is 6.07 Å². The van der Waals surface area contributed by atoms with Crippen molar-refractivity contribution in [1.29, 1.82) is 5.26 Å². The first kappa shape index (κ1) is 11.3. The molecule has 7 heteroatoms. The summed E-state index contributed by atoms with van der Waals surface area (Å²) in [5.41, 5.74) is 0.214. The molecule has 0 bridgehead atoms. The van der Waals surface area contributed by atoms with E-state index in [4.69, 9.17) is 15.1 Å². The van der Waals surface area contributed by atoms with Gasteiger partial charge in [0.15, 0.2) is 6.04 Å². The van der Waals surface area contributed by atoms with E-state index in [0.29, 0.717) is 13.2 Å². The third kappa shape index (κ3) is 2.32. The summed E-state index contributed by atoms with van der Waals surface area (Å²) >= 11 is 0. The first-order chi connectivity index (χ1) is 8.22. The van der Waals surface area contributed by atoms with Gasteiger partial charge in [-0.3, -0.25) is 0 Å². The number of hydrogen-bond acceptors (Lipinski definition) is 6. The molecule has 0 amide bonds. The molecule has 0 spiro atoms. The smallest absolute Gasteiger partial charge is 0.328 e. The van der Waals surface area contributed by atoms with Crippen LogP contribution in [0.5, 0.6) is 0 Å². The minimum atomic E-state index is -0.990. The molecular weight excluding hydrogens is 224 g/mol.